The Labute approximate surface area is 65.7 Å². The van der Waals surface area contributed by atoms with Crippen molar-refractivity contribution >= 4 is 11.8 Å². The van der Waals surface area contributed by atoms with Gasteiger partial charge in [-0.3, -0.25) is 4.79 Å². The maximum absolute atomic E-state index is 10.8. The van der Waals surface area contributed by atoms with Crippen molar-refractivity contribution < 1.29 is 14.3 Å². The molecule has 64 valence electrons. The second-order valence-corrected chi connectivity index (χ2v) is 2.05. The minimum absolute atomic E-state index is 0.253. The fraction of sp³-hybridized carbons (Fsp3) is 0.714. The van der Waals surface area contributed by atoms with Crippen molar-refractivity contribution in [3.05, 3.63) is 0 Å². The van der Waals surface area contributed by atoms with E-state index in [1.165, 1.54) is 0 Å². The van der Waals surface area contributed by atoms with Crippen molar-refractivity contribution in [2.45, 2.75) is 26.3 Å². The molecule has 0 bridgehead atoms. The summed E-state index contributed by atoms with van der Waals surface area (Å²) in [4.78, 5) is 21.6. The van der Waals surface area contributed by atoms with E-state index in [0.29, 0.717) is 0 Å². The van der Waals surface area contributed by atoms with Gasteiger partial charge in [0.15, 0.2) is 11.8 Å². The van der Waals surface area contributed by atoms with Gasteiger partial charge in [-0.2, -0.15) is 0 Å². The Morgan fingerprint density at radius 1 is 1.45 bits per heavy atom. The van der Waals surface area contributed by atoms with E-state index in [9.17, 15) is 9.59 Å². The van der Waals surface area contributed by atoms with Crippen LogP contribution in [0.15, 0.2) is 0 Å². The first-order valence-corrected chi connectivity index (χ1v) is 3.58. The van der Waals surface area contributed by atoms with Gasteiger partial charge in [-0.05, 0) is 6.92 Å². The van der Waals surface area contributed by atoms with Crippen LogP contribution in [0.3, 0.4) is 0 Å². The number of ether oxygens (including phenoxy) is 1. The zero-order valence-corrected chi connectivity index (χ0v) is 6.79. The highest BCUT2D eigenvalue weighted by Gasteiger charge is 2.20. The van der Waals surface area contributed by atoms with E-state index in [4.69, 9.17) is 5.73 Å². The molecule has 0 fully saturated rings. The average Bonchev–Trinajstić information content (AvgIpc) is 2.02. The molecule has 2 N–H and O–H groups in total. The van der Waals surface area contributed by atoms with Crippen LogP contribution in [0.1, 0.15) is 20.3 Å². The van der Waals surface area contributed by atoms with Crippen LogP contribution in [0.5, 0.6) is 0 Å². The molecular formula is C7H13NO3. The molecule has 11 heavy (non-hydrogen) atoms. The van der Waals surface area contributed by atoms with Crippen molar-refractivity contribution in [1.29, 1.82) is 0 Å². The van der Waals surface area contributed by atoms with Crippen LogP contribution in [-0.2, 0) is 14.3 Å². The van der Waals surface area contributed by atoms with Gasteiger partial charge in [-0.25, -0.2) is 4.79 Å². The van der Waals surface area contributed by atoms with E-state index in [1.54, 1.807) is 13.8 Å². The van der Waals surface area contributed by atoms with Gasteiger partial charge in [-0.15, -0.1) is 0 Å². The Morgan fingerprint density at radius 2 is 2.00 bits per heavy atom. The molecule has 0 spiro atoms. The topological polar surface area (TPSA) is 69.4 Å². The van der Waals surface area contributed by atoms with Gasteiger partial charge in [0.05, 0.1) is 6.61 Å². The second-order valence-electron chi connectivity index (χ2n) is 2.05. The molecule has 0 unspecified atom stereocenters. The third-order valence-electron chi connectivity index (χ3n) is 1.24. The summed E-state index contributed by atoms with van der Waals surface area (Å²) in [7, 11) is 0. The zero-order valence-electron chi connectivity index (χ0n) is 6.79. The zero-order chi connectivity index (χ0) is 8.85. The molecule has 4 nitrogen and oxygen atoms in total. The van der Waals surface area contributed by atoms with Crippen LogP contribution >= 0.6 is 0 Å². The molecule has 0 saturated heterocycles. The van der Waals surface area contributed by atoms with Gasteiger partial charge >= 0.3 is 5.97 Å². The number of carbonyl (C=O) groups excluding carboxylic acids is 2. The number of hydrogen-bond donors (Lipinski definition) is 1. The number of carbonyl (C=O) groups is 2. The fourth-order valence-electron chi connectivity index (χ4n) is 0.583. The Kier molecular flexibility index (Phi) is 4.45. The van der Waals surface area contributed by atoms with Gasteiger partial charge < -0.3 is 10.5 Å². The summed E-state index contributed by atoms with van der Waals surface area (Å²) >= 11 is 0. The Bertz CT molecular complexity index is 156. The fourth-order valence-corrected chi connectivity index (χ4v) is 0.583. The molecule has 0 heterocycles. The molecule has 0 aromatic carbocycles. The molecular weight excluding hydrogens is 146 g/mol. The predicted octanol–water partition coefficient (Wildman–Crippen LogP) is -0.144. The monoisotopic (exact) mass is 159 g/mol. The SMILES string of the molecule is CCOC(=O)[C@H](N)C(=O)CC. The lowest BCUT2D eigenvalue weighted by molar-refractivity contribution is -0.147. The van der Waals surface area contributed by atoms with E-state index in [2.05, 4.69) is 4.74 Å². The third-order valence-corrected chi connectivity index (χ3v) is 1.24. The molecule has 0 aromatic heterocycles. The van der Waals surface area contributed by atoms with E-state index in [0.717, 1.165) is 0 Å². The van der Waals surface area contributed by atoms with Crippen LogP contribution in [0.25, 0.3) is 0 Å². The number of rotatable bonds is 4. The first-order chi connectivity index (χ1) is 5.13. The number of ketones is 1. The highest BCUT2D eigenvalue weighted by Crippen LogP contribution is 1.91. The van der Waals surface area contributed by atoms with Gasteiger partial charge in [0.2, 0.25) is 0 Å². The lowest BCUT2D eigenvalue weighted by atomic mass is 10.1. The Morgan fingerprint density at radius 3 is 2.36 bits per heavy atom. The van der Waals surface area contributed by atoms with Gasteiger partial charge in [0, 0.05) is 6.42 Å². The lowest BCUT2D eigenvalue weighted by Crippen LogP contribution is -2.39. The number of nitrogens with two attached hydrogens (primary N) is 1. The normalized spacial score (nSPS) is 12.3. The number of Topliss-reactive ketones (excluding diaryl/α,β-unsaturated/α-hetero) is 1. The van der Waals surface area contributed by atoms with Gasteiger partial charge in [0.25, 0.3) is 0 Å². The quantitative estimate of drug-likeness (QED) is 0.457. The van der Waals surface area contributed by atoms with Crippen LogP contribution in [0, 0.1) is 0 Å². The van der Waals surface area contributed by atoms with Crippen LogP contribution in [0.4, 0.5) is 0 Å². The molecule has 0 amide bonds. The molecule has 0 aliphatic rings. The molecule has 0 saturated carbocycles. The van der Waals surface area contributed by atoms with E-state index < -0.39 is 12.0 Å². The predicted molar refractivity (Wildman–Crippen MR) is 39.9 cm³/mol. The van der Waals surface area contributed by atoms with E-state index >= 15 is 0 Å². The Hall–Kier alpha value is -0.900. The summed E-state index contributed by atoms with van der Waals surface area (Å²) in [6, 6.07) is -1.10. The largest absolute Gasteiger partial charge is 0.464 e. The number of hydrogen-bond acceptors (Lipinski definition) is 4. The second kappa shape index (κ2) is 4.85. The third kappa shape index (κ3) is 3.13. The molecule has 0 aliphatic carbocycles. The van der Waals surface area contributed by atoms with Crippen molar-refractivity contribution in [2.24, 2.45) is 5.73 Å². The number of esters is 1. The van der Waals surface area contributed by atoms with Crippen molar-refractivity contribution in [3.8, 4) is 0 Å². The smallest absolute Gasteiger partial charge is 0.330 e. The summed E-state index contributed by atoms with van der Waals surface area (Å²) in [6.45, 7) is 3.58. The first-order valence-electron chi connectivity index (χ1n) is 3.58. The molecule has 1 atom stereocenters. The van der Waals surface area contributed by atoms with Gasteiger partial charge in [-0.1, -0.05) is 6.92 Å². The summed E-state index contributed by atoms with van der Waals surface area (Å²) in [6.07, 6.45) is 0.264. The van der Waals surface area contributed by atoms with Gasteiger partial charge in [0.1, 0.15) is 0 Å². The van der Waals surface area contributed by atoms with Crippen molar-refractivity contribution in [2.75, 3.05) is 6.61 Å². The van der Waals surface area contributed by atoms with E-state index in [-0.39, 0.29) is 18.8 Å². The molecule has 0 radical (unpaired) electrons. The molecule has 0 aromatic rings. The molecule has 4 heteroatoms. The van der Waals surface area contributed by atoms with Crippen molar-refractivity contribution in [1.82, 2.24) is 0 Å². The minimum Gasteiger partial charge on any atom is -0.464 e. The summed E-state index contributed by atoms with van der Waals surface area (Å²) in [5.74, 6) is -0.928. The van der Waals surface area contributed by atoms with Crippen LogP contribution < -0.4 is 5.73 Å². The Balaban J connectivity index is 3.91. The van der Waals surface area contributed by atoms with Crippen LogP contribution in [0.2, 0.25) is 0 Å². The lowest BCUT2D eigenvalue weighted by Gasteiger charge is -2.06. The van der Waals surface area contributed by atoms with E-state index in [1.807, 2.05) is 0 Å². The molecule has 0 aliphatic heterocycles. The highest BCUT2D eigenvalue weighted by atomic mass is 16.5. The standard InChI is InChI=1S/C7H13NO3/c1-3-5(9)6(8)7(10)11-4-2/h6H,3-4,8H2,1-2H3/t6-/m1/s1. The summed E-state index contributed by atoms with van der Waals surface area (Å²) < 4.78 is 4.54. The highest BCUT2D eigenvalue weighted by molar-refractivity contribution is 6.02. The first kappa shape index (κ1) is 10.1. The van der Waals surface area contributed by atoms with Crippen LogP contribution in [-0.4, -0.2) is 24.4 Å². The molecule has 0 rings (SSSR count). The minimum atomic E-state index is -1.10. The maximum Gasteiger partial charge on any atom is 0.330 e. The summed E-state index contributed by atoms with van der Waals surface area (Å²) in [5, 5.41) is 0. The average molecular weight is 159 g/mol. The summed E-state index contributed by atoms with van der Waals surface area (Å²) in [5.41, 5.74) is 5.23. The van der Waals surface area contributed by atoms with Crippen molar-refractivity contribution in [3.63, 3.8) is 0 Å². The maximum atomic E-state index is 10.8.